The minimum absolute atomic E-state index is 0.0981. The predicted molar refractivity (Wildman–Crippen MR) is 112 cm³/mol. The number of hydrogen-bond donors (Lipinski definition) is 2. The molecule has 2 aromatic heterocycles. The summed E-state index contributed by atoms with van der Waals surface area (Å²) in [6.07, 6.45) is 3.70. The molecule has 3 heterocycles. The van der Waals surface area contributed by atoms with Gasteiger partial charge in [0.2, 0.25) is 0 Å². The van der Waals surface area contributed by atoms with Crippen molar-refractivity contribution < 1.29 is 4.79 Å². The molecule has 1 aromatic carbocycles. The molecule has 0 atom stereocenters. The normalized spacial score (nSPS) is 15.5. The van der Waals surface area contributed by atoms with Crippen LogP contribution in [0.5, 0.6) is 0 Å². The van der Waals surface area contributed by atoms with Crippen molar-refractivity contribution in [2.75, 3.05) is 13.1 Å². The molecule has 2 N–H and O–H groups in total. The number of carbonyl (C=O) groups excluding carboxylic acids is 1. The first kappa shape index (κ1) is 18.8. The van der Waals surface area contributed by atoms with Crippen molar-refractivity contribution in [2.45, 2.75) is 25.4 Å². The van der Waals surface area contributed by atoms with Gasteiger partial charge in [-0.25, -0.2) is 0 Å². The molecule has 1 aliphatic rings. The van der Waals surface area contributed by atoms with Gasteiger partial charge in [-0.3, -0.25) is 19.8 Å². The highest BCUT2D eigenvalue weighted by atomic mass is 79.9. The Morgan fingerprint density at radius 1 is 1.18 bits per heavy atom. The molecular formula is C21H22BrN5O. The van der Waals surface area contributed by atoms with Crippen molar-refractivity contribution in [3.63, 3.8) is 0 Å². The topological polar surface area (TPSA) is 73.9 Å². The van der Waals surface area contributed by atoms with Crippen LogP contribution in [0.1, 0.15) is 29.0 Å². The molecule has 6 nitrogen and oxygen atoms in total. The van der Waals surface area contributed by atoms with Crippen LogP contribution in [0.25, 0.3) is 11.3 Å². The van der Waals surface area contributed by atoms with Crippen molar-refractivity contribution in [1.29, 1.82) is 0 Å². The van der Waals surface area contributed by atoms with E-state index in [4.69, 9.17) is 0 Å². The number of piperidine rings is 1. The van der Waals surface area contributed by atoms with E-state index in [0.717, 1.165) is 53.9 Å². The largest absolute Gasteiger partial charge is 0.348 e. The Morgan fingerprint density at radius 3 is 2.68 bits per heavy atom. The molecule has 1 aliphatic heterocycles. The fraction of sp³-hybridized carbons (Fsp3) is 0.286. The quantitative estimate of drug-likeness (QED) is 0.636. The first-order valence-corrected chi connectivity index (χ1v) is 10.2. The molecule has 7 heteroatoms. The zero-order valence-electron chi connectivity index (χ0n) is 15.4. The maximum Gasteiger partial charge on any atom is 0.269 e. The van der Waals surface area contributed by atoms with Gasteiger partial charge in [-0.1, -0.05) is 34.1 Å². The number of aromatic amines is 1. The maximum atomic E-state index is 12.6. The Hall–Kier alpha value is -2.51. The molecule has 1 fully saturated rings. The van der Waals surface area contributed by atoms with E-state index in [2.05, 4.69) is 47.4 Å². The summed E-state index contributed by atoms with van der Waals surface area (Å²) in [5, 5.41) is 10.3. The molecule has 28 heavy (non-hydrogen) atoms. The second-order valence-electron chi connectivity index (χ2n) is 7.02. The number of H-pyrrole nitrogens is 1. The minimum Gasteiger partial charge on any atom is -0.348 e. The van der Waals surface area contributed by atoms with E-state index >= 15 is 0 Å². The van der Waals surface area contributed by atoms with Crippen molar-refractivity contribution in [3.05, 3.63) is 70.6 Å². The van der Waals surface area contributed by atoms with E-state index in [1.54, 1.807) is 6.07 Å². The van der Waals surface area contributed by atoms with Gasteiger partial charge < -0.3 is 5.32 Å². The lowest BCUT2D eigenvalue weighted by Crippen LogP contribution is -2.44. The van der Waals surface area contributed by atoms with E-state index in [-0.39, 0.29) is 11.9 Å². The number of likely N-dealkylation sites (tertiary alicyclic amines) is 1. The van der Waals surface area contributed by atoms with Crippen LogP contribution < -0.4 is 5.32 Å². The Labute approximate surface area is 172 Å². The Bertz CT molecular complexity index is 917. The molecule has 0 radical (unpaired) electrons. The molecule has 0 aliphatic carbocycles. The molecule has 4 rings (SSSR count). The first-order chi connectivity index (χ1) is 13.7. The van der Waals surface area contributed by atoms with Crippen molar-refractivity contribution >= 4 is 21.8 Å². The average molecular weight is 440 g/mol. The lowest BCUT2D eigenvalue weighted by atomic mass is 10.0. The van der Waals surface area contributed by atoms with Crippen LogP contribution in [0.3, 0.4) is 0 Å². The number of amides is 1. The first-order valence-electron chi connectivity index (χ1n) is 9.42. The van der Waals surface area contributed by atoms with Gasteiger partial charge in [-0.2, -0.15) is 5.10 Å². The lowest BCUT2D eigenvalue weighted by Gasteiger charge is -2.32. The van der Waals surface area contributed by atoms with Gasteiger partial charge in [0, 0.05) is 41.9 Å². The molecule has 144 valence electrons. The number of halogens is 1. The summed E-state index contributed by atoms with van der Waals surface area (Å²) in [6.45, 7) is 2.77. The van der Waals surface area contributed by atoms with Gasteiger partial charge in [0.25, 0.3) is 5.91 Å². The number of hydrogen-bond acceptors (Lipinski definition) is 4. The van der Waals surface area contributed by atoms with Crippen molar-refractivity contribution in [1.82, 2.24) is 25.4 Å². The summed E-state index contributed by atoms with van der Waals surface area (Å²) in [6, 6.07) is 15.9. The van der Waals surface area contributed by atoms with E-state index in [0.29, 0.717) is 5.69 Å². The van der Waals surface area contributed by atoms with E-state index in [1.165, 1.54) is 0 Å². The number of rotatable bonds is 5. The second-order valence-corrected chi connectivity index (χ2v) is 7.93. The molecule has 0 saturated carbocycles. The van der Waals surface area contributed by atoms with Crippen molar-refractivity contribution in [2.24, 2.45) is 0 Å². The van der Waals surface area contributed by atoms with Crippen LogP contribution in [0.2, 0.25) is 0 Å². The molecular weight excluding hydrogens is 418 g/mol. The summed E-state index contributed by atoms with van der Waals surface area (Å²) in [4.78, 5) is 19.3. The second kappa shape index (κ2) is 8.67. The Morgan fingerprint density at radius 2 is 1.96 bits per heavy atom. The van der Waals surface area contributed by atoms with E-state index in [1.807, 2.05) is 42.6 Å². The average Bonchev–Trinajstić information content (AvgIpc) is 3.21. The van der Waals surface area contributed by atoms with Crippen LogP contribution in [-0.4, -0.2) is 45.1 Å². The van der Waals surface area contributed by atoms with Crippen LogP contribution >= 0.6 is 15.9 Å². The number of pyridine rings is 1. The van der Waals surface area contributed by atoms with Gasteiger partial charge in [0.1, 0.15) is 5.69 Å². The number of aromatic nitrogens is 3. The fourth-order valence-corrected chi connectivity index (χ4v) is 3.69. The SMILES string of the molecule is O=C(NC1CCN(Cc2ccccn2)CC1)c1cc(-c2ccc(Br)cc2)n[nH]1. The van der Waals surface area contributed by atoms with Gasteiger partial charge in [-0.15, -0.1) is 0 Å². The van der Waals surface area contributed by atoms with Crippen LogP contribution in [0, 0.1) is 0 Å². The van der Waals surface area contributed by atoms with Crippen LogP contribution in [0.4, 0.5) is 0 Å². The standard InChI is InChI=1S/C21H22BrN5O/c22-16-6-4-15(5-7-16)19-13-20(26-25-19)21(28)24-17-8-11-27(12-9-17)14-18-3-1-2-10-23-18/h1-7,10,13,17H,8-9,11-12,14H2,(H,24,28)(H,25,26). The predicted octanol–water partition coefficient (Wildman–Crippen LogP) is 3.63. The molecule has 1 saturated heterocycles. The molecule has 0 spiro atoms. The number of carbonyl (C=O) groups is 1. The highest BCUT2D eigenvalue weighted by Crippen LogP contribution is 2.21. The van der Waals surface area contributed by atoms with Crippen molar-refractivity contribution in [3.8, 4) is 11.3 Å². The Kier molecular flexibility index (Phi) is 5.83. The summed E-state index contributed by atoms with van der Waals surface area (Å²) >= 11 is 3.43. The third kappa shape index (κ3) is 4.66. The third-order valence-electron chi connectivity index (χ3n) is 5.00. The number of nitrogens with zero attached hydrogens (tertiary/aromatic N) is 3. The van der Waals surface area contributed by atoms with Crippen LogP contribution in [-0.2, 0) is 6.54 Å². The minimum atomic E-state index is -0.0981. The van der Waals surface area contributed by atoms with Gasteiger partial charge in [-0.05, 0) is 43.2 Å². The molecule has 1 amide bonds. The third-order valence-corrected chi connectivity index (χ3v) is 5.53. The summed E-state index contributed by atoms with van der Waals surface area (Å²) < 4.78 is 1.01. The summed E-state index contributed by atoms with van der Waals surface area (Å²) in [7, 11) is 0. The Balaban J connectivity index is 1.29. The summed E-state index contributed by atoms with van der Waals surface area (Å²) in [5.41, 5.74) is 3.32. The number of benzene rings is 1. The zero-order valence-corrected chi connectivity index (χ0v) is 17.0. The van der Waals surface area contributed by atoms with Gasteiger partial charge in [0.15, 0.2) is 0 Å². The van der Waals surface area contributed by atoms with Gasteiger partial charge >= 0.3 is 0 Å². The number of nitrogens with one attached hydrogen (secondary N) is 2. The monoisotopic (exact) mass is 439 g/mol. The maximum absolute atomic E-state index is 12.6. The molecule has 0 bridgehead atoms. The highest BCUT2D eigenvalue weighted by Gasteiger charge is 2.22. The lowest BCUT2D eigenvalue weighted by molar-refractivity contribution is 0.0903. The van der Waals surface area contributed by atoms with E-state index < -0.39 is 0 Å². The molecule has 0 unspecified atom stereocenters. The smallest absolute Gasteiger partial charge is 0.269 e. The zero-order chi connectivity index (χ0) is 19.3. The van der Waals surface area contributed by atoms with Gasteiger partial charge in [0.05, 0.1) is 11.4 Å². The fourth-order valence-electron chi connectivity index (χ4n) is 3.43. The van der Waals surface area contributed by atoms with Crippen LogP contribution in [0.15, 0.2) is 59.2 Å². The summed E-state index contributed by atoms with van der Waals surface area (Å²) in [5.74, 6) is -0.0981. The highest BCUT2D eigenvalue weighted by molar-refractivity contribution is 9.10. The van der Waals surface area contributed by atoms with E-state index in [9.17, 15) is 4.79 Å². The molecule has 3 aromatic rings.